The topological polar surface area (TPSA) is 77.8 Å². The standard InChI is InChI=1S/C20H26O4.Y/c1-5-6-13-10-16(21)18(19(22)17(13)20(23)24)15-9-12(4)7-8-14(15)11(2)3;/h9-10,14-15,21-22H,2,5-8H2,1,3-4H3,(H,23,24);/t14-,15+;/m0./s1. The number of rotatable bonds is 5. The molecule has 0 unspecified atom stereocenters. The first-order valence-corrected chi connectivity index (χ1v) is 8.41. The number of carbonyl (C=O) groups is 1. The molecule has 0 aromatic heterocycles. The summed E-state index contributed by atoms with van der Waals surface area (Å²) in [5.74, 6) is -1.70. The van der Waals surface area contributed by atoms with Gasteiger partial charge in [0.25, 0.3) is 0 Å². The molecule has 1 aliphatic rings. The Kier molecular flexibility index (Phi) is 7.89. The fourth-order valence-electron chi connectivity index (χ4n) is 3.66. The average Bonchev–Trinajstić information content (AvgIpc) is 2.46. The van der Waals surface area contributed by atoms with E-state index in [4.69, 9.17) is 0 Å². The van der Waals surface area contributed by atoms with Crippen molar-refractivity contribution >= 4 is 5.97 Å². The second-order valence-corrected chi connectivity index (χ2v) is 6.78. The summed E-state index contributed by atoms with van der Waals surface area (Å²) in [6, 6.07) is 1.50. The Balaban J connectivity index is 0.00000312. The van der Waals surface area contributed by atoms with Gasteiger partial charge in [-0.15, -0.1) is 0 Å². The Hall–Kier alpha value is -1.13. The van der Waals surface area contributed by atoms with Gasteiger partial charge in [-0.3, -0.25) is 0 Å². The van der Waals surface area contributed by atoms with Crippen LogP contribution in [-0.4, -0.2) is 21.3 Å². The van der Waals surface area contributed by atoms with Crippen molar-refractivity contribution in [2.24, 2.45) is 5.92 Å². The van der Waals surface area contributed by atoms with E-state index in [1.807, 2.05) is 26.8 Å². The maximum atomic E-state index is 11.7. The maximum absolute atomic E-state index is 11.7. The zero-order valence-electron chi connectivity index (χ0n) is 15.2. The first kappa shape index (κ1) is 21.9. The van der Waals surface area contributed by atoms with Gasteiger partial charge in [0, 0.05) is 44.2 Å². The smallest absolute Gasteiger partial charge is 0.339 e. The third kappa shape index (κ3) is 4.54. The quantitative estimate of drug-likeness (QED) is 0.602. The summed E-state index contributed by atoms with van der Waals surface area (Å²) in [5.41, 5.74) is 2.82. The monoisotopic (exact) mass is 419 g/mol. The number of hydrogen-bond acceptors (Lipinski definition) is 3. The van der Waals surface area contributed by atoms with Crippen LogP contribution in [0.5, 0.6) is 11.5 Å². The number of hydrogen-bond donors (Lipinski definition) is 3. The number of aromatic carboxylic acids is 1. The van der Waals surface area contributed by atoms with Gasteiger partial charge >= 0.3 is 5.97 Å². The molecule has 4 nitrogen and oxygen atoms in total. The second-order valence-electron chi connectivity index (χ2n) is 6.78. The van der Waals surface area contributed by atoms with Gasteiger partial charge < -0.3 is 15.3 Å². The van der Waals surface area contributed by atoms with Crippen molar-refractivity contribution in [3.8, 4) is 11.5 Å². The van der Waals surface area contributed by atoms with E-state index >= 15 is 0 Å². The molecule has 2 atom stereocenters. The van der Waals surface area contributed by atoms with Crippen LogP contribution in [0.4, 0.5) is 0 Å². The molecule has 2 rings (SSSR count). The Morgan fingerprint density at radius 2 is 2.00 bits per heavy atom. The minimum absolute atomic E-state index is 0. The van der Waals surface area contributed by atoms with Crippen LogP contribution in [0.1, 0.15) is 67.4 Å². The maximum Gasteiger partial charge on any atom is 0.339 e. The summed E-state index contributed by atoms with van der Waals surface area (Å²) in [6.07, 6.45) is 5.06. The van der Waals surface area contributed by atoms with Crippen LogP contribution in [0.3, 0.4) is 0 Å². The summed E-state index contributed by atoms with van der Waals surface area (Å²) >= 11 is 0. The number of carboxylic acid groups (broad SMARTS) is 1. The fourth-order valence-corrected chi connectivity index (χ4v) is 3.66. The van der Waals surface area contributed by atoms with Crippen molar-refractivity contribution in [2.45, 2.75) is 52.4 Å². The van der Waals surface area contributed by atoms with E-state index in [0.29, 0.717) is 17.5 Å². The van der Waals surface area contributed by atoms with Gasteiger partial charge in [0.1, 0.15) is 17.1 Å². The van der Waals surface area contributed by atoms with Crippen molar-refractivity contribution in [3.05, 3.63) is 46.6 Å². The first-order valence-electron chi connectivity index (χ1n) is 8.41. The Morgan fingerprint density at radius 3 is 2.52 bits per heavy atom. The molecule has 1 radical (unpaired) electrons. The molecule has 1 aromatic rings. The molecule has 0 bridgehead atoms. The van der Waals surface area contributed by atoms with Gasteiger partial charge in [-0.1, -0.05) is 37.1 Å². The summed E-state index contributed by atoms with van der Waals surface area (Å²) in [6.45, 7) is 9.91. The normalized spacial score (nSPS) is 19.7. The van der Waals surface area contributed by atoms with Crippen molar-refractivity contribution in [1.82, 2.24) is 0 Å². The van der Waals surface area contributed by atoms with Crippen LogP contribution in [0, 0.1) is 5.92 Å². The number of aromatic hydroxyl groups is 2. The minimum Gasteiger partial charge on any atom is -0.507 e. The number of phenolic OH excluding ortho intramolecular Hbond substituents is 1. The van der Waals surface area contributed by atoms with E-state index < -0.39 is 5.97 Å². The fraction of sp³-hybridized carbons (Fsp3) is 0.450. The van der Waals surface area contributed by atoms with Gasteiger partial charge in [-0.05, 0) is 50.7 Å². The minimum atomic E-state index is -1.17. The van der Waals surface area contributed by atoms with Gasteiger partial charge in [-0.25, -0.2) is 4.79 Å². The molecule has 0 fully saturated rings. The van der Waals surface area contributed by atoms with E-state index in [0.717, 1.165) is 24.8 Å². The second kappa shape index (κ2) is 9.00. The third-order valence-corrected chi connectivity index (χ3v) is 4.85. The number of phenols is 2. The molecule has 5 heteroatoms. The van der Waals surface area contributed by atoms with E-state index in [9.17, 15) is 20.1 Å². The van der Waals surface area contributed by atoms with Crippen molar-refractivity contribution < 1.29 is 52.8 Å². The van der Waals surface area contributed by atoms with Crippen molar-refractivity contribution in [1.29, 1.82) is 0 Å². The molecule has 0 saturated heterocycles. The van der Waals surface area contributed by atoms with Gasteiger partial charge in [0.2, 0.25) is 0 Å². The summed E-state index contributed by atoms with van der Waals surface area (Å²) < 4.78 is 0. The van der Waals surface area contributed by atoms with E-state index in [-0.39, 0.29) is 61.6 Å². The van der Waals surface area contributed by atoms with Crippen LogP contribution in [0.25, 0.3) is 0 Å². The zero-order valence-corrected chi connectivity index (χ0v) is 18.0. The molecule has 1 aliphatic carbocycles. The molecule has 0 amide bonds. The number of benzene rings is 1. The van der Waals surface area contributed by atoms with Gasteiger partial charge in [-0.2, -0.15) is 0 Å². The summed E-state index contributed by atoms with van der Waals surface area (Å²) in [5, 5.41) is 30.8. The average molecular weight is 419 g/mol. The molecule has 0 spiro atoms. The molecule has 0 saturated carbocycles. The van der Waals surface area contributed by atoms with Crippen LogP contribution in [0.15, 0.2) is 29.9 Å². The summed E-state index contributed by atoms with van der Waals surface area (Å²) in [7, 11) is 0. The Bertz CT molecular complexity index is 706. The van der Waals surface area contributed by atoms with Crippen LogP contribution >= 0.6 is 0 Å². The van der Waals surface area contributed by atoms with E-state index in [1.165, 1.54) is 11.6 Å². The van der Waals surface area contributed by atoms with Crippen LogP contribution < -0.4 is 0 Å². The molecular weight excluding hydrogens is 393 g/mol. The molecule has 3 N–H and O–H groups in total. The van der Waals surface area contributed by atoms with Crippen molar-refractivity contribution in [2.75, 3.05) is 0 Å². The molecule has 25 heavy (non-hydrogen) atoms. The SMILES string of the molecule is C=C(C)[C@@H]1CCC(C)=C[C@H]1c1c(O)cc(CCC)c(C(=O)O)c1O.[Y]. The van der Waals surface area contributed by atoms with Gasteiger partial charge in [0.15, 0.2) is 0 Å². The predicted octanol–water partition coefficient (Wildman–Crippen LogP) is 4.76. The van der Waals surface area contributed by atoms with Crippen LogP contribution in [0.2, 0.25) is 0 Å². The zero-order chi connectivity index (χ0) is 18.0. The molecule has 1 aromatic carbocycles. The van der Waals surface area contributed by atoms with E-state index in [2.05, 4.69) is 6.58 Å². The van der Waals surface area contributed by atoms with Gasteiger partial charge in [0.05, 0.1) is 0 Å². The number of aryl methyl sites for hydroxylation is 1. The molecule has 0 aliphatic heterocycles. The Labute approximate surface area is 174 Å². The number of carboxylic acids is 1. The Morgan fingerprint density at radius 1 is 1.36 bits per heavy atom. The number of allylic oxidation sites excluding steroid dienone is 3. The molecule has 133 valence electrons. The molecular formula is C20H26O4Y. The molecule has 0 heterocycles. The van der Waals surface area contributed by atoms with Crippen LogP contribution in [-0.2, 0) is 39.1 Å². The third-order valence-electron chi connectivity index (χ3n) is 4.85. The predicted molar refractivity (Wildman–Crippen MR) is 94.8 cm³/mol. The van der Waals surface area contributed by atoms with Crippen molar-refractivity contribution in [3.63, 3.8) is 0 Å². The first-order chi connectivity index (χ1) is 11.3. The largest absolute Gasteiger partial charge is 0.507 e. The van der Waals surface area contributed by atoms with E-state index in [1.54, 1.807) is 0 Å². The summed E-state index contributed by atoms with van der Waals surface area (Å²) in [4.78, 5) is 11.7.